The first-order valence-electron chi connectivity index (χ1n) is 8.35. The summed E-state index contributed by atoms with van der Waals surface area (Å²) in [5.41, 5.74) is 1.09. The Bertz CT molecular complexity index is 523. The highest BCUT2D eigenvalue weighted by atomic mass is 16.6. The normalized spacial score (nSPS) is 18.0. The molecule has 22 heavy (non-hydrogen) atoms. The number of ether oxygens (including phenoxy) is 2. The molecular formula is C18H25NO3. The maximum Gasteiger partial charge on any atom is 0.222 e. The van der Waals surface area contributed by atoms with E-state index >= 15 is 0 Å². The van der Waals surface area contributed by atoms with E-state index in [4.69, 9.17) is 9.47 Å². The molecule has 1 aromatic rings. The van der Waals surface area contributed by atoms with Gasteiger partial charge in [0.1, 0.15) is 13.2 Å². The van der Waals surface area contributed by atoms with Crippen molar-refractivity contribution in [1.82, 2.24) is 4.90 Å². The Morgan fingerprint density at radius 2 is 1.86 bits per heavy atom. The molecule has 4 nitrogen and oxygen atoms in total. The Balaban J connectivity index is 1.56. The van der Waals surface area contributed by atoms with Crippen molar-refractivity contribution in [1.29, 1.82) is 0 Å². The summed E-state index contributed by atoms with van der Waals surface area (Å²) >= 11 is 0. The smallest absolute Gasteiger partial charge is 0.222 e. The van der Waals surface area contributed by atoms with Crippen LogP contribution >= 0.6 is 0 Å². The quantitative estimate of drug-likeness (QED) is 0.856. The number of benzene rings is 1. The summed E-state index contributed by atoms with van der Waals surface area (Å²) < 4.78 is 11.1. The van der Waals surface area contributed by atoms with Crippen LogP contribution in [0.5, 0.6) is 11.5 Å². The second kappa shape index (κ2) is 7.03. The third-order valence-electron chi connectivity index (χ3n) is 4.64. The molecule has 1 heterocycles. The highest BCUT2D eigenvalue weighted by Crippen LogP contribution is 2.31. The lowest BCUT2D eigenvalue weighted by molar-refractivity contribution is -0.131. The summed E-state index contributed by atoms with van der Waals surface area (Å²) in [4.78, 5) is 14.2. The Morgan fingerprint density at radius 3 is 2.64 bits per heavy atom. The molecular weight excluding hydrogens is 278 g/mol. The predicted octanol–water partition coefficient (Wildman–Crippen LogP) is 3.39. The van der Waals surface area contributed by atoms with E-state index in [0.717, 1.165) is 17.1 Å². The van der Waals surface area contributed by atoms with Gasteiger partial charge in [0.25, 0.3) is 0 Å². The molecule has 1 fully saturated rings. The molecule has 2 aliphatic rings. The molecule has 1 saturated carbocycles. The Morgan fingerprint density at radius 1 is 1.14 bits per heavy atom. The number of carbonyl (C=O) groups is 1. The van der Waals surface area contributed by atoms with Crippen LogP contribution in [0.1, 0.15) is 44.1 Å². The fraction of sp³-hybridized carbons (Fsp3) is 0.611. The second-order valence-electron chi connectivity index (χ2n) is 6.44. The van der Waals surface area contributed by atoms with Crippen molar-refractivity contribution < 1.29 is 14.3 Å². The van der Waals surface area contributed by atoms with Crippen LogP contribution in [0.4, 0.5) is 0 Å². The van der Waals surface area contributed by atoms with E-state index < -0.39 is 0 Å². The number of fused-ring (bicyclic) bond motifs is 1. The number of amides is 1. The van der Waals surface area contributed by atoms with E-state index in [1.165, 1.54) is 32.1 Å². The van der Waals surface area contributed by atoms with Gasteiger partial charge in [-0.2, -0.15) is 0 Å². The number of nitrogens with zero attached hydrogens (tertiary/aromatic N) is 1. The maximum atomic E-state index is 12.4. The van der Waals surface area contributed by atoms with Gasteiger partial charge in [0, 0.05) is 20.0 Å². The molecule has 0 spiro atoms. The molecule has 0 bridgehead atoms. The molecule has 1 aliphatic carbocycles. The van der Waals surface area contributed by atoms with E-state index in [0.29, 0.717) is 32.1 Å². The van der Waals surface area contributed by atoms with Crippen molar-refractivity contribution in [2.24, 2.45) is 5.92 Å². The van der Waals surface area contributed by atoms with Crippen molar-refractivity contribution in [2.75, 3.05) is 20.3 Å². The maximum absolute atomic E-state index is 12.4. The summed E-state index contributed by atoms with van der Waals surface area (Å²) in [5.74, 6) is 2.42. The van der Waals surface area contributed by atoms with E-state index in [2.05, 4.69) is 0 Å². The Hall–Kier alpha value is -1.71. The SMILES string of the molecule is CN(Cc1ccc2c(c1)OCCO2)C(=O)CC1CCCCC1. The predicted molar refractivity (Wildman–Crippen MR) is 85.1 cm³/mol. The van der Waals surface area contributed by atoms with E-state index in [-0.39, 0.29) is 5.91 Å². The van der Waals surface area contributed by atoms with E-state index in [9.17, 15) is 4.79 Å². The van der Waals surface area contributed by atoms with Gasteiger partial charge in [-0.25, -0.2) is 0 Å². The molecule has 1 amide bonds. The van der Waals surface area contributed by atoms with Crippen LogP contribution in [-0.2, 0) is 11.3 Å². The van der Waals surface area contributed by atoms with E-state index in [1.54, 1.807) is 0 Å². The third kappa shape index (κ3) is 3.73. The van der Waals surface area contributed by atoms with Gasteiger partial charge in [0.15, 0.2) is 11.5 Å². The van der Waals surface area contributed by atoms with Crippen LogP contribution < -0.4 is 9.47 Å². The standard InChI is InChI=1S/C18H25NO3/c1-19(18(20)12-14-5-3-2-4-6-14)13-15-7-8-16-17(11-15)22-10-9-21-16/h7-8,11,14H,2-6,9-10,12-13H2,1H3. The summed E-state index contributed by atoms with van der Waals surface area (Å²) in [6.07, 6.45) is 7.01. The molecule has 0 radical (unpaired) electrons. The van der Waals surface area contributed by atoms with Crippen molar-refractivity contribution in [3.05, 3.63) is 23.8 Å². The molecule has 3 rings (SSSR count). The third-order valence-corrected chi connectivity index (χ3v) is 4.64. The van der Waals surface area contributed by atoms with Crippen LogP contribution in [0.25, 0.3) is 0 Å². The fourth-order valence-corrected chi connectivity index (χ4v) is 3.34. The lowest BCUT2D eigenvalue weighted by atomic mass is 9.86. The largest absolute Gasteiger partial charge is 0.486 e. The van der Waals surface area contributed by atoms with E-state index in [1.807, 2.05) is 30.1 Å². The average Bonchev–Trinajstić information content (AvgIpc) is 2.55. The zero-order valence-electron chi connectivity index (χ0n) is 13.3. The zero-order chi connectivity index (χ0) is 15.4. The first kappa shape index (κ1) is 15.2. The summed E-state index contributed by atoms with van der Waals surface area (Å²) in [5, 5.41) is 0. The number of rotatable bonds is 4. The molecule has 4 heteroatoms. The molecule has 0 aromatic heterocycles. The summed E-state index contributed by atoms with van der Waals surface area (Å²) in [6.45, 7) is 1.82. The first-order valence-corrected chi connectivity index (χ1v) is 8.35. The van der Waals surface area contributed by atoms with Gasteiger partial charge in [-0.15, -0.1) is 0 Å². The van der Waals surface area contributed by atoms with Gasteiger partial charge in [-0.05, 0) is 36.5 Å². The Kier molecular flexibility index (Phi) is 4.86. The van der Waals surface area contributed by atoms with Crippen molar-refractivity contribution >= 4 is 5.91 Å². The second-order valence-corrected chi connectivity index (χ2v) is 6.44. The van der Waals surface area contributed by atoms with Crippen molar-refractivity contribution in [3.63, 3.8) is 0 Å². The van der Waals surface area contributed by atoms with Crippen LogP contribution in [0.2, 0.25) is 0 Å². The molecule has 1 aromatic carbocycles. The lowest BCUT2D eigenvalue weighted by Gasteiger charge is -2.25. The van der Waals surface area contributed by atoms with Crippen LogP contribution in [0, 0.1) is 5.92 Å². The monoisotopic (exact) mass is 303 g/mol. The molecule has 0 unspecified atom stereocenters. The minimum atomic E-state index is 0.252. The first-order chi connectivity index (χ1) is 10.7. The average molecular weight is 303 g/mol. The highest BCUT2D eigenvalue weighted by molar-refractivity contribution is 5.76. The number of carbonyl (C=O) groups excluding carboxylic acids is 1. The lowest BCUT2D eigenvalue weighted by Crippen LogP contribution is -2.28. The van der Waals surface area contributed by atoms with Crippen molar-refractivity contribution in [2.45, 2.75) is 45.1 Å². The van der Waals surface area contributed by atoms with Crippen LogP contribution in [-0.4, -0.2) is 31.1 Å². The van der Waals surface area contributed by atoms with Crippen LogP contribution in [0.15, 0.2) is 18.2 Å². The number of hydrogen-bond donors (Lipinski definition) is 0. The van der Waals surface area contributed by atoms with Crippen LogP contribution in [0.3, 0.4) is 0 Å². The van der Waals surface area contributed by atoms with Gasteiger partial charge >= 0.3 is 0 Å². The molecule has 0 atom stereocenters. The van der Waals surface area contributed by atoms with Crippen molar-refractivity contribution in [3.8, 4) is 11.5 Å². The fourth-order valence-electron chi connectivity index (χ4n) is 3.34. The Labute approximate surface area is 132 Å². The van der Waals surface area contributed by atoms with Gasteiger partial charge in [-0.1, -0.05) is 25.3 Å². The van der Waals surface area contributed by atoms with Gasteiger partial charge in [0.05, 0.1) is 0 Å². The highest BCUT2D eigenvalue weighted by Gasteiger charge is 2.20. The molecule has 120 valence electrons. The molecule has 0 N–H and O–H groups in total. The zero-order valence-corrected chi connectivity index (χ0v) is 13.3. The summed E-state index contributed by atoms with van der Waals surface area (Å²) in [7, 11) is 1.89. The topological polar surface area (TPSA) is 38.8 Å². The summed E-state index contributed by atoms with van der Waals surface area (Å²) in [6, 6.07) is 5.93. The molecule has 1 aliphatic heterocycles. The minimum Gasteiger partial charge on any atom is -0.486 e. The van der Waals surface area contributed by atoms with Gasteiger partial charge in [-0.3, -0.25) is 4.79 Å². The van der Waals surface area contributed by atoms with Gasteiger partial charge in [0.2, 0.25) is 5.91 Å². The molecule has 0 saturated heterocycles. The number of hydrogen-bond acceptors (Lipinski definition) is 3. The van der Waals surface area contributed by atoms with Gasteiger partial charge < -0.3 is 14.4 Å². The minimum absolute atomic E-state index is 0.252.